The summed E-state index contributed by atoms with van der Waals surface area (Å²) in [4.78, 5) is 54.4. The van der Waals surface area contributed by atoms with Crippen molar-refractivity contribution in [2.75, 3.05) is 20.1 Å². The lowest BCUT2D eigenvalue weighted by molar-refractivity contribution is -0.123. The van der Waals surface area contributed by atoms with Gasteiger partial charge in [0.15, 0.2) is 0 Å². The number of hydroxylamine groups is 1. The molecule has 0 aliphatic carbocycles. The van der Waals surface area contributed by atoms with E-state index in [1.165, 1.54) is 18.6 Å². The molecule has 0 spiro atoms. The maximum absolute atomic E-state index is 13.9. The van der Waals surface area contributed by atoms with E-state index in [4.69, 9.17) is 9.49 Å². The average Bonchev–Trinajstić information content (AvgIpc) is 3.39. The number of carbonyl (C=O) groups is 3. The Morgan fingerprint density at radius 3 is 2.38 bits per heavy atom. The number of nitrogens with one attached hydrogen (secondary N) is 3. The van der Waals surface area contributed by atoms with Gasteiger partial charge in [0.05, 0.1) is 23.3 Å². The van der Waals surface area contributed by atoms with E-state index in [0.717, 1.165) is 50.6 Å². The number of aromatic nitrogens is 2. The Labute approximate surface area is 284 Å². The number of carbonyl (C=O) groups excluding carboxylic acids is 3. The van der Waals surface area contributed by atoms with E-state index in [-0.39, 0.29) is 36.2 Å². The van der Waals surface area contributed by atoms with Gasteiger partial charge in [0, 0.05) is 31.9 Å². The zero-order valence-corrected chi connectivity index (χ0v) is 28.6. The number of benzene rings is 2. The van der Waals surface area contributed by atoms with Gasteiger partial charge in [0.1, 0.15) is 11.7 Å². The summed E-state index contributed by atoms with van der Waals surface area (Å²) in [7, 11) is 1.73. The van der Waals surface area contributed by atoms with Gasteiger partial charge in [-0.25, -0.2) is 9.78 Å². The highest BCUT2D eigenvalue weighted by atomic mass is 16.7. The van der Waals surface area contributed by atoms with E-state index < -0.39 is 11.9 Å². The monoisotopic (exact) mass is 656 g/mol. The topological polar surface area (TPSA) is 135 Å². The fraction of sp³-hybridized carbons (Fsp3) is 0.472. The lowest BCUT2D eigenvalue weighted by atomic mass is 9.68. The number of rotatable bonds is 18. The van der Waals surface area contributed by atoms with Gasteiger partial charge in [0.2, 0.25) is 5.91 Å². The molecule has 1 aliphatic heterocycles. The lowest BCUT2D eigenvalue weighted by Crippen LogP contribution is -2.58. The van der Waals surface area contributed by atoms with Gasteiger partial charge in [-0.3, -0.25) is 14.6 Å². The normalized spacial score (nSPS) is 17.6. The molecular weight excluding hydrogens is 607 g/mol. The van der Waals surface area contributed by atoms with Crippen LogP contribution in [0.2, 0.25) is 0 Å². The molecule has 11 nitrogen and oxygen atoms in total. The molecule has 0 radical (unpaired) electrons. The fourth-order valence-corrected chi connectivity index (χ4v) is 6.11. The van der Waals surface area contributed by atoms with Crippen molar-refractivity contribution in [1.29, 1.82) is 0 Å². The Morgan fingerprint density at radius 2 is 1.69 bits per heavy atom. The molecule has 3 aromatic rings. The second-order valence-corrected chi connectivity index (χ2v) is 13.2. The van der Waals surface area contributed by atoms with E-state index >= 15 is 0 Å². The number of amides is 2. The zero-order chi connectivity index (χ0) is 34.4. The highest BCUT2D eigenvalue weighted by molar-refractivity contribution is 6.51. The highest BCUT2D eigenvalue weighted by Gasteiger charge is 2.47. The van der Waals surface area contributed by atoms with Crippen LogP contribution in [0.1, 0.15) is 85.7 Å². The van der Waals surface area contributed by atoms with Crippen molar-refractivity contribution in [2.45, 2.75) is 83.3 Å². The van der Waals surface area contributed by atoms with Crippen LogP contribution in [0.5, 0.6) is 0 Å². The highest BCUT2D eigenvalue weighted by Crippen LogP contribution is 2.30. The van der Waals surface area contributed by atoms with Crippen LogP contribution in [0.3, 0.4) is 0 Å². The molecule has 48 heavy (non-hydrogen) atoms. The van der Waals surface area contributed by atoms with Crippen LogP contribution < -0.4 is 16.1 Å². The Kier molecular flexibility index (Phi) is 14.1. The minimum absolute atomic E-state index is 0.152. The first kappa shape index (κ1) is 36.7. The molecule has 3 unspecified atom stereocenters. The largest absolute Gasteiger partial charge is 0.413 e. The number of likely N-dealkylation sites (N-methyl/N-ethyl adjacent to an activating group) is 1. The first-order valence-electron chi connectivity index (χ1n) is 16.9. The van der Waals surface area contributed by atoms with Crippen LogP contribution in [0, 0.1) is 5.92 Å². The van der Waals surface area contributed by atoms with Gasteiger partial charge in [-0.2, -0.15) is 5.48 Å². The minimum atomic E-state index is -0.814. The predicted octanol–water partition coefficient (Wildman–Crippen LogP) is 4.41. The van der Waals surface area contributed by atoms with Crippen molar-refractivity contribution in [3.05, 3.63) is 96.1 Å². The fourth-order valence-electron chi connectivity index (χ4n) is 6.11. The predicted molar refractivity (Wildman–Crippen MR) is 186 cm³/mol. The second kappa shape index (κ2) is 18.4. The zero-order valence-electron chi connectivity index (χ0n) is 28.6. The maximum atomic E-state index is 13.9. The third-order valence-electron chi connectivity index (χ3n) is 8.43. The number of hydrogen-bond donors (Lipinski definition) is 3. The lowest BCUT2D eigenvalue weighted by Gasteiger charge is -2.29. The number of nitrogens with zero attached hydrogens (tertiary/aromatic N) is 3. The molecule has 4 rings (SSSR count). The summed E-state index contributed by atoms with van der Waals surface area (Å²) < 4.78 is 6.72. The summed E-state index contributed by atoms with van der Waals surface area (Å²) in [5.74, 6) is -1.07. The summed E-state index contributed by atoms with van der Waals surface area (Å²) in [5, 5.41) is 6.14. The van der Waals surface area contributed by atoms with Crippen molar-refractivity contribution in [3.63, 3.8) is 0 Å². The van der Waals surface area contributed by atoms with Crippen LogP contribution in [-0.4, -0.2) is 77.3 Å². The van der Waals surface area contributed by atoms with Crippen molar-refractivity contribution in [2.24, 2.45) is 5.92 Å². The summed E-state index contributed by atoms with van der Waals surface area (Å²) in [6.07, 6.45) is 10.2. The van der Waals surface area contributed by atoms with Crippen molar-refractivity contribution < 1.29 is 23.9 Å². The van der Waals surface area contributed by atoms with Gasteiger partial charge < -0.3 is 24.9 Å². The molecule has 0 bridgehead atoms. The summed E-state index contributed by atoms with van der Waals surface area (Å²) in [6.45, 7) is 7.74. The molecule has 3 atom stereocenters. The smallest absolute Gasteiger partial charge is 0.406 e. The van der Waals surface area contributed by atoms with E-state index in [1.807, 2.05) is 43.4 Å². The molecule has 2 amide bonds. The van der Waals surface area contributed by atoms with Gasteiger partial charge in [-0.1, -0.05) is 81.6 Å². The molecule has 1 aliphatic rings. The maximum Gasteiger partial charge on any atom is 0.406 e. The number of hydrogen-bond acceptors (Lipinski definition) is 9. The Bertz CT molecular complexity index is 1430. The molecule has 2 aromatic carbocycles. The van der Waals surface area contributed by atoms with Crippen LogP contribution in [0.25, 0.3) is 0 Å². The molecule has 1 fully saturated rings. The van der Waals surface area contributed by atoms with Gasteiger partial charge in [-0.15, -0.1) is 0 Å². The molecule has 1 saturated heterocycles. The van der Waals surface area contributed by atoms with Crippen LogP contribution in [0.15, 0.2) is 79.3 Å². The Balaban J connectivity index is 1.29. The van der Waals surface area contributed by atoms with Crippen molar-refractivity contribution >= 4 is 24.8 Å². The number of unbranched alkanes of at least 4 members (excludes halogenated alkanes) is 3. The molecule has 3 N–H and O–H groups in total. The summed E-state index contributed by atoms with van der Waals surface area (Å²) in [5.41, 5.74) is 4.02. The second-order valence-electron chi connectivity index (χ2n) is 13.2. The molecule has 256 valence electrons. The quantitative estimate of drug-likeness (QED) is 0.103. The van der Waals surface area contributed by atoms with E-state index in [0.29, 0.717) is 24.4 Å². The average molecular weight is 657 g/mol. The SMILES string of the molecule is CC(C)CC(NC(=O)C(Cc1ccccc1)NC(=O)c1cnccn1)B1OC(C)(CCCCCCNOC(=O)c2ccccc2)CN1C. The van der Waals surface area contributed by atoms with Gasteiger partial charge >= 0.3 is 13.0 Å². The Hall–Kier alpha value is -4.13. The van der Waals surface area contributed by atoms with E-state index in [9.17, 15) is 14.4 Å². The van der Waals surface area contributed by atoms with E-state index in [2.05, 4.69) is 51.7 Å². The molecule has 0 saturated carbocycles. The van der Waals surface area contributed by atoms with E-state index in [1.54, 1.807) is 24.3 Å². The van der Waals surface area contributed by atoms with Gasteiger partial charge in [0.25, 0.3) is 5.91 Å². The minimum Gasteiger partial charge on any atom is -0.413 e. The Morgan fingerprint density at radius 1 is 0.979 bits per heavy atom. The van der Waals surface area contributed by atoms with Crippen LogP contribution >= 0.6 is 0 Å². The molecular formula is C36H49BN6O5. The van der Waals surface area contributed by atoms with Crippen LogP contribution in [0.4, 0.5) is 0 Å². The molecule has 1 aromatic heterocycles. The van der Waals surface area contributed by atoms with Crippen molar-refractivity contribution in [1.82, 2.24) is 30.9 Å². The van der Waals surface area contributed by atoms with Crippen molar-refractivity contribution in [3.8, 4) is 0 Å². The molecule has 2 heterocycles. The summed E-state index contributed by atoms with van der Waals surface area (Å²) >= 11 is 0. The summed E-state index contributed by atoms with van der Waals surface area (Å²) in [6, 6.07) is 17.7. The van der Waals surface area contributed by atoms with Gasteiger partial charge in [-0.05, 0) is 56.8 Å². The standard InChI is InChI=1S/C36H49BN6O5/c1-27(2)23-32(42-33(44)30(24-28-15-9-7-10-16-28)41-34(45)31-25-38-21-22-39-31)37-43(4)26-36(3,48-37)19-13-5-6-14-20-40-47-35(46)29-17-11-8-12-18-29/h7-12,15-18,21-22,25,27,30,32,40H,5-6,13-14,19-20,23-24,26H2,1-4H3,(H,41,45)(H,42,44). The first-order chi connectivity index (χ1) is 23.1. The third-order valence-corrected chi connectivity index (χ3v) is 8.43. The molecule has 12 heteroatoms. The first-order valence-corrected chi connectivity index (χ1v) is 16.9. The third kappa shape index (κ3) is 11.5. The van der Waals surface area contributed by atoms with Crippen LogP contribution in [-0.2, 0) is 20.7 Å².